The van der Waals surface area contributed by atoms with Crippen molar-refractivity contribution in [3.63, 3.8) is 0 Å². The number of rotatable bonds is 8. The van der Waals surface area contributed by atoms with Crippen molar-refractivity contribution >= 4 is 97.0 Å². The highest BCUT2D eigenvalue weighted by Crippen LogP contribution is 2.52. The third kappa shape index (κ3) is 9.44. The summed E-state index contributed by atoms with van der Waals surface area (Å²) in [5.41, 5.74) is 21.3. The van der Waals surface area contributed by atoms with E-state index in [4.69, 9.17) is 0 Å². The van der Waals surface area contributed by atoms with Crippen molar-refractivity contribution in [1.82, 2.24) is 0 Å². The molecule has 95 heavy (non-hydrogen) atoms. The maximum atomic E-state index is 2.43. The first kappa shape index (κ1) is 55.6. The quantitative estimate of drug-likeness (QED) is 0.105. The Kier molecular flexibility index (Phi) is 13.6. The van der Waals surface area contributed by atoms with Gasteiger partial charge in [0.15, 0.2) is 0 Å². The number of fused-ring (bicyclic) bond motifs is 7. The third-order valence-electron chi connectivity index (χ3n) is 19.9. The van der Waals surface area contributed by atoms with Crippen LogP contribution in [0.25, 0.3) is 186 Å². The van der Waals surface area contributed by atoms with Crippen molar-refractivity contribution in [2.45, 2.75) is 6.92 Å². The van der Waals surface area contributed by atoms with Gasteiger partial charge in [-0.2, -0.15) is 0 Å². The zero-order valence-corrected chi connectivity index (χ0v) is 52.6. The Morgan fingerprint density at radius 2 is 0.505 bits per heavy atom. The second kappa shape index (κ2) is 23.2. The van der Waals surface area contributed by atoms with Crippen LogP contribution in [0.5, 0.6) is 0 Å². The van der Waals surface area contributed by atoms with Crippen LogP contribution in [0, 0.1) is 6.92 Å². The highest BCUT2D eigenvalue weighted by molar-refractivity contribution is 6.31. The first-order valence-electron chi connectivity index (χ1n) is 33.0. The van der Waals surface area contributed by atoms with Crippen LogP contribution in [-0.4, -0.2) is 0 Å². The average molecular weight is 1200 g/mol. The van der Waals surface area contributed by atoms with Gasteiger partial charge < -0.3 is 0 Å². The Bertz CT molecular complexity index is 6160. The van der Waals surface area contributed by atoms with Crippen molar-refractivity contribution in [2.24, 2.45) is 0 Å². The summed E-state index contributed by atoms with van der Waals surface area (Å²) in [7, 11) is 0. The van der Waals surface area contributed by atoms with Crippen molar-refractivity contribution in [3.8, 4) is 89.0 Å². The second-order valence-electron chi connectivity index (χ2n) is 25.3. The molecule has 0 spiro atoms. The van der Waals surface area contributed by atoms with Gasteiger partial charge in [0.1, 0.15) is 0 Å². The fourth-order valence-electron chi connectivity index (χ4n) is 15.7. The summed E-state index contributed by atoms with van der Waals surface area (Å²) in [6.45, 7) is 2.21. The molecule has 442 valence electrons. The molecule has 0 unspecified atom stereocenters. The lowest BCUT2D eigenvalue weighted by Gasteiger charge is -2.21. The van der Waals surface area contributed by atoms with Crippen LogP contribution >= 0.6 is 0 Å². The van der Waals surface area contributed by atoms with Crippen LogP contribution in [0.1, 0.15) is 5.56 Å². The molecule has 0 atom stereocenters. The van der Waals surface area contributed by atoms with E-state index in [1.54, 1.807) is 0 Å². The van der Waals surface area contributed by atoms with E-state index in [1.807, 2.05) is 0 Å². The van der Waals surface area contributed by atoms with E-state index in [2.05, 4.69) is 365 Å². The molecule has 0 heterocycles. The Labute approximate surface area is 552 Å². The maximum absolute atomic E-state index is 2.43. The molecule has 0 saturated carbocycles. The van der Waals surface area contributed by atoms with Gasteiger partial charge >= 0.3 is 0 Å². The highest BCUT2D eigenvalue weighted by Gasteiger charge is 2.24. The van der Waals surface area contributed by atoms with E-state index in [0.717, 1.165) is 0 Å². The van der Waals surface area contributed by atoms with Crippen LogP contribution in [0.15, 0.2) is 358 Å². The van der Waals surface area contributed by atoms with E-state index in [1.165, 1.54) is 192 Å². The molecule has 19 rings (SSSR count). The molecule has 0 radical (unpaired) electrons. The van der Waals surface area contributed by atoms with Crippen LogP contribution in [0.2, 0.25) is 0 Å². The monoisotopic (exact) mass is 1200 g/mol. The minimum absolute atomic E-state index is 1.21. The zero-order valence-electron chi connectivity index (χ0n) is 52.6. The van der Waals surface area contributed by atoms with Crippen molar-refractivity contribution in [2.75, 3.05) is 0 Å². The van der Waals surface area contributed by atoms with Crippen molar-refractivity contribution in [1.29, 1.82) is 0 Å². The molecule has 0 aliphatic rings. The Hall–Kier alpha value is -12.2. The fourth-order valence-corrected chi connectivity index (χ4v) is 15.7. The molecule has 0 aliphatic heterocycles. The van der Waals surface area contributed by atoms with Crippen LogP contribution < -0.4 is 0 Å². The summed E-state index contributed by atoms with van der Waals surface area (Å²) in [5, 5.41) is 23.2. The summed E-state index contributed by atoms with van der Waals surface area (Å²) < 4.78 is 0. The highest BCUT2D eigenvalue weighted by atomic mass is 14.3. The van der Waals surface area contributed by atoms with Gasteiger partial charge in [-0.1, -0.05) is 351 Å². The molecule has 19 aromatic rings. The first-order valence-corrected chi connectivity index (χ1v) is 33.0. The number of benzene rings is 19. The topological polar surface area (TPSA) is 0 Å². The molecule has 0 nitrogen and oxygen atoms in total. The number of hydrogen-bond donors (Lipinski definition) is 0. The van der Waals surface area contributed by atoms with Gasteiger partial charge in [-0.3, -0.25) is 0 Å². The number of hydrogen-bond acceptors (Lipinski definition) is 0. The van der Waals surface area contributed by atoms with Crippen LogP contribution in [-0.2, 0) is 0 Å². The molecular formula is C95H62. The summed E-state index contributed by atoms with van der Waals surface area (Å²) in [6, 6.07) is 132. The Morgan fingerprint density at radius 1 is 0.147 bits per heavy atom. The van der Waals surface area contributed by atoms with E-state index in [-0.39, 0.29) is 0 Å². The van der Waals surface area contributed by atoms with Gasteiger partial charge in [0, 0.05) is 0 Å². The smallest absolute Gasteiger partial charge is 0.00197 e. The Morgan fingerprint density at radius 3 is 1.12 bits per heavy atom. The van der Waals surface area contributed by atoms with E-state index >= 15 is 0 Å². The summed E-state index contributed by atoms with van der Waals surface area (Å²) in [6.07, 6.45) is 0. The maximum Gasteiger partial charge on any atom is -0.00197 e. The average Bonchev–Trinajstić information content (AvgIpc) is 0.726. The standard InChI is InChI=1S/C52H34.C43H28/c1-3-15-35(16-4-1)37-27-29-38(30-28-37)41-20-9-12-24-45(41)51-46-25-13-14-26-47(46)52(50-33-39(31-32-48(50)51)36-17-5-2-6-18-36)49-34-40-19-7-8-21-42(40)43-22-10-11-23-44(43)49;1-27-18-23-38-39(26-27)43(33-15-6-5-14-32(33)28-10-3-2-4-11-28)35-17-8-7-16-34(35)42(38)37-25-22-31-20-19-29-12-9-13-30-21-24-36(37)41(31)40(29)30/h1-34H;2-26H,1H3. The first-order chi connectivity index (χ1) is 47.1. The lowest BCUT2D eigenvalue weighted by molar-refractivity contribution is 1.51. The normalized spacial score (nSPS) is 11.6. The van der Waals surface area contributed by atoms with Crippen LogP contribution in [0.3, 0.4) is 0 Å². The lowest BCUT2D eigenvalue weighted by Crippen LogP contribution is -1.94. The van der Waals surface area contributed by atoms with Gasteiger partial charge in [0.05, 0.1) is 0 Å². The molecule has 0 amide bonds. The molecule has 0 heteroatoms. The third-order valence-corrected chi connectivity index (χ3v) is 19.9. The lowest BCUT2D eigenvalue weighted by atomic mass is 9.81. The molecule has 0 aromatic heterocycles. The molecule has 0 saturated heterocycles. The molecule has 0 bridgehead atoms. The summed E-state index contributed by atoms with van der Waals surface area (Å²) in [4.78, 5) is 0. The van der Waals surface area contributed by atoms with Crippen molar-refractivity contribution in [3.05, 3.63) is 363 Å². The minimum atomic E-state index is 1.21. The predicted octanol–water partition coefficient (Wildman–Crippen LogP) is 26.8. The van der Waals surface area contributed by atoms with Crippen LogP contribution in [0.4, 0.5) is 0 Å². The van der Waals surface area contributed by atoms with Gasteiger partial charge in [-0.05, 0) is 205 Å². The molecule has 0 fully saturated rings. The zero-order chi connectivity index (χ0) is 62.9. The van der Waals surface area contributed by atoms with E-state index in [9.17, 15) is 0 Å². The number of aryl methyl sites for hydroxylation is 1. The van der Waals surface area contributed by atoms with Crippen molar-refractivity contribution < 1.29 is 0 Å². The Balaban J connectivity index is 0.000000141. The SMILES string of the molecule is Cc1ccc2c(-c3ccc4ccc5cccc6ccc3c4c56)c3ccccc3c(-c3ccccc3-c3ccccc3)c2c1.c1ccc(-c2ccc(-c3ccccc3-c3c4ccccc4c(-c4cc5ccccc5c5ccccc45)c4cc(-c5ccccc5)ccc34)cc2)cc1. The fraction of sp³-hybridized carbons (Fsp3) is 0.0105. The minimum Gasteiger partial charge on any atom is -0.0622 e. The van der Waals surface area contributed by atoms with Gasteiger partial charge in [-0.15, -0.1) is 0 Å². The molecule has 0 aliphatic carbocycles. The molecule has 0 N–H and O–H groups in total. The predicted molar refractivity (Wildman–Crippen MR) is 410 cm³/mol. The van der Waals surface area contributed by atoms with Gasteiger partial charge in [-0.25, -0.2) is 0 Å². The van der Waals surface area contributed by atoms with E-state index in [0.29, 0.717) is 0 Å². The van der Waals surface area contributed by atoms with Gasteiger partial charge in [0.25, 0.3) is 0 Å². The molecular weight excluding hydrogens is 1140 g/mol. The second-order valence-corrected chi connectivity index (χ2v) is 25.3. The molecule has 19 aromatic carbocycles. The van der Waals surface area contributed by atoms with E-state index < -0.39 is 0 Å². The van der Waals surface area contributed by atoms with Gasteiger partial charge in [0.2, 0.25) is 0 Å². The summed E-state index contributed by atoms with van der Waals surface area (Å²) in [5.74, 6) is 0. The summed E-state index contributed by atoms with van der Waals surface area (Å²) >= 11 is 0. The largest absolute Gasteiger partial charge is 0.0622 e.